The van der Waals surface area contributed by atoms with Crippen molar-refractivity contribution in [2.45, 2.75) is 44.5 Å². The fourth-order valence-electron chi connectivity index (χ4n) is 4.07. The Morgan fingerprint density at radius 2 is 2.10 bits per heavy atom. The van der Waals surface area contributed by atoms with Crippen molar-refractivity contribution in [2.24, 2.45) is 0 Å². The van der Waals surface area contributed by atoms with Gasteiger partial charge in [-0.25, -0.2) is 4.68 Å². The first-order chi connectivity index (χ1) is 15.1. The Bertz CT molecular complexity index is 1120. The topological polar surface area (TPSA) is 93.3 Å². The molecular formula is C21H23N5O4S. The largest absolute Gasteiger partial charge is 0.454 e. The number of aromatic nitrogens is 5. The van der Waals surface area contributed by atoms with E-state index in [1.54, 1.807) is 4.68 Å². The predicted molar refractivity (Wildman–Crippen MR) is 113 cm³/mol. The first-order valence-electron chi connectivity index (χ1n) is 10.2. The molecule has 4 heterocycles. The minimum atomic E-state index is 0.0387. The van der Waals surface area contributed by atoms with Crippen LogP contribution < -0.4 is 9.47 Å². The highest BCUT2D eigenvalue weighted by Crippen LogP contribution is 2.35. The molecular weight excluding hydrogens is 418 g/mol. The second kappa shape index (κ2) is 8.35. The summed E-state index contributed by atoms with van der Waals surface area (Å²) in [5.74, 6) is 1.75. The van der Waals surface area contributed by atoms with Crippen molar-refractivity contribution in [3.63, 3.8) is 0 Å². The van der Waals surface area contributed by atoms with Crippen LogP contribution in [0.15, 0.2) is 29.4 Å². The summed E-state index contributed by atoms with van der Waals surface area (Å²) in [4.78, 5) is 13.0. The molecule has 0 radical (unpaired) electrons. The van der Waals surface area contributed by atoms with Gasteiger partial charge >= 0.3 is 0 Å². The highest BCUT2D eigenvalue weighted by Gasteiger charge is 2.22. The van der Waals surface area contributed by atoms with Crippen LogP contribution in [0.2, 0.25) is 0 Å². The fourth-order valence-corrected chi connectivity index (χ4v) is 4.84. The fraction of sp³-hybridized carbons (Fsp3) is 0.429. The smallest absolute Gasteiger partial charge is 0.231 e. The van der Waals surface area contributed by atoms with Gasteiger partial charge in [-0.3, -0.25) is 4.79 Å². The lowest BCUT2D eigenvalue weighted by molar-refractivity contribution is 0.0912. The van der Waals surface area contributed by atoms with Crippen LogP contribution in [0.4, 0.5) is 0 Å². The highest BCUT2D eigenvalue weighted by atomic mass is 32.2. The number of thioether (sulfide) groups is 1. The second-order valence-electron chi connectivity index (χ2n) is 7.65. The molecule has 2 aliphatic rings. The summed E-state index contributed by atoms with van der Waals surface area (Å²) in [6.45, 7) is 5.57. The molecule has 2 aliphatic heterocycles. The quantitative estimate of drug-likeness (QED) is 0.408. The minimum absolute atomic E-state index is 0.0387. The maximum absolute atomic E-state index is 13.0. The van der Waals surface area contributed by atoms with Crippen molar-refractivity contribution in [1.82, 2.24) is 24.8 Å². The van der Waals surface area contributed by atoms with Gasteiger partial charge in [0.05, 0.1) is 18.4 Å². The van der Waals surface area contributed by atoms with Crippen LogP contribution in [0.5, 0.6) is 11.5 Å². The number of hydrogen-bond acceptors (Lipinski definition) is 8. The van der Waals surface area contributed by atoms with E-state index >= 15 is 0 Å². The van der Waals surface area contributed by atoms with Crippen molar-refractivity contribution in [2.75, 3.05) is 19.2 Å². The monoisotopic (exact) mass is 441 g/mol. The van der Waals surface area contributed by atoms with E-state index in [0.29, 0.717) is 23.0 Å². The molecule has 3 aromatic rings. The van der Waals surface area contributed by atoms with E-state index < -0.39 is 0 Å². The summed E-state index contributed by atoms with van der Waals surface area (Å²) < 4.78 is 20.3. The van der Waals surface area contributed by atoms with Crippen molar-refractivity contribution >= 4 is 17.5 Å². The average Bonchev–Trinajstić information content (AvgIpc) is 3.54. The van der Waals surface area contributed by atoms with Crippen LogP contribution in [0.25, 0.3) is 5.69 Å². The van der Waals surface area contributed by atoms with Gasteiger partial charge in [0.15, 0.2) is 17.3 Å². The number of nitrogens with zero attached hydrogens (tertiary/aromatic N) is 5. The summed E-state index contributed by atoms with van der Waals surface area (Å²) in [5, 5.41) is 12.5. The van der Waals surface area contributed by atoms with E-state index in [-0.39, 0.29) is 24.4 Å². The Balaban J connectivity index is 1.31. The van der Waals surface area contributed by atoms with Crippen molar-refractivity contribution in [3.8, 4) is 17.2 Å². The van der Waals surface area contributed by atoms with Gasteiger partial charge in [0.2, 0.25) is 11.9 Å². The molecule has 0 saturated carbocycles. The lowest BCUT2D eigenvalue weighted by atomic mass is 10.2. The molecule has 9 nitrogen and oxygen atoms in total. The molecule has 2 aromatic heterocycles. The molecule has 0 amide bonds. The van der Waals surface area contributed by atoms with E-state index in [9.17, 15) is 4.79 Å². The Kier molecular flexibility index (Phi) is 5.41. The van der Waals surface area contributed by atoms with E-state index in [1.165, 1.54) is 11.8 Å². The number of Topliss-reactive ketones (excluding diaryl/α,β-unsaturated/α-hetero) is 1. The van der Waals surface area contributed by atoms with Crippen molar-refractivity contribution in [3.05, 3.63) is 41.2 Å². The lowest BCUT2D eigenvalue weighted by Crippen LogP contribution is -2.17. The van der Waals surface area contributed by atoms with Crippen LogP contribution in [0, 0.1) is 13.8 Å². The van der Waals surface area contributed by atoms with Crippen LogP contribution in [0.1, 0.15) is 34.6 Å². The van der Waals surface area contributed by atoms with Gasteiger partial charge in [0, 0.05) is 35.3 Å². The SMILES string of the molecule is Cc1cc(C(=O)CSc2nnnn2C[C@H]2CCCO2)c(C)n1-c1ccc2c(c1)OCO2. The number of fused-ring (bicyclic) bond motifs is 1. The molecule has 1 atom stereocenters. The summed E-state index contributed by atoms with van der Waals surface area (Å²) in [6, 6.07) is 7.72. The highest BCUT2D eigenvalue weighted by molar-refractivity contribution is 7.99. The van der Waals surface area contributed by atoms with E-state index in [4.69, 9.17) is 14.2 Å². The molecule has 0 spiro atoms. The molecule has 0 bridgehead atoms. The van der Waals surface area contributed by atoms with Crippen LogP contribution in [0.3, 0.4) is 0 Å². The molecule has 5 rings (SSSR count). The molecule has 0 aliphatic carbocycles. The Hall–Kier alpha value is -2.85. The zero-order chi connectivity index (χ0) is 21.4. The average molecular weight is 442 g/mol. The van der Waals surface area contributed by atoms with Crippen molar-refractivity contribution < 1.29 is 19.0 Å². The zero-order valence-corrected chi connectivity index (χ0v) is 18.2. The molecule has 1 fully saturated rings. The first-order valence-corrected chi connectivity index (χ1v) is 11.2. The number of tetrazole rings is 1. The van der Waals surface area contributed by atoms with Gasteiger partial charge in [-0.05, 0) is 55.3 Å². The molecule has 1 aromatic carbocycles. The number of rotatable bonds is 7. The Morgan fingerprint density at radius 3 is 2.94 bits per heavy atom. The van der Waals surface area contributed by atoms with Gasteiger partial charge in [0.25, 0.3) is 0 Å². The number of aryl methyl sites for hydroxylation is 1. The van der Waals surface area contributed by atoms with E-state index in [2.05, 4.69) is 20.1 Å². The third-order valence-electron chi connectivity index (χ3n) is 5.58. The summed E-state index contributed by atoms with van der Waals surface area (Å²) >= 11 is 1.35. The third-order valence-corrected chi connectivity index (χ3v) is 6.53. The molecule has 1 saturated heterocycles. The van der Waals surface area contributed by atoms with Gasteiger partial charge < -0.3 is 18.8 Å². The molecule has 10 heteroatoms. The zero-order valence-electron chi connectivity index (χ0n) is 17.4. The number of carbonyl (C=O) groups is 1. The summed E-state index contributed by atoms with van der Waals surface area (Å²) in [5.41, 5.74) is 3.50. The molecule has 162 valence electrons. The first kappa shape index (κ1) is 20.1. The maximum Gasteiger partial charge on any atom is 0.231 e. The molecule has 31 heavy (non-hydrogen) atoms. The van der Waals surface area contributed by atoms with Gasteiger partial charge in [-0.2, -0.15) is 0 Å². The Morgan fingerprint density at radius 1 is 1.23 bits per heavy atom. The normalized spacial score (nSPS) is 17.4. The number of ketones is 1. The molecule has 0 N–H and O–H groups in total. The van der Waals surface area contributed by atoms with Crippen molar-refractivity contribution in [1.29, 1.82) is 0 Å². The standard InChI is InChI=1S/C21H23N5O4S/c1-13-8-17(14(2)26(13)15-5-6-19-20(9-15)30-12-29-19)18(27)11-31-21-22-23-24-25(21)10-16-4-3-7-28-16/h5-6,8-9,16H,3-4,7,10-12H2,1-2H3/t16-/m1/s1. The van der Waals surface area contributed by atoms with Gasteiger partial charge in [0.1, 0.15) is 0 Å². The van der Waals surface area contributed by atoms with E-state index in [1.807, 2.05) is 38.1 Å². The maximum atomic E-state index is 13.0. The lowest BCUT2D eigenvalue weighted by Gasteiger charge is -2.11. The third kappa shape index (κ3) is 3.92. The summed E-state index contributed by atoms with van der Waals surface area (Å²) in [6.07, 6.45) is 2.21. The van der Waals surface area contributed by atoms with Crippen LogP contribution >= 0.6 is 11.8 Å². The summed E-state index contributed by atoms with van der Waals surface area (Å²) in [7, 11) is 0. The number of hydrogen-bond donors (Lipinski definition) is 0. The second-order valence-corrected chi connectivity index (χ2v) is 8.59. The van der Waals surface area contributed by atoms with E-state index in [0.717, 1.165) is 42.3 Å². The van der Waals surface area contributed by atoms with Crippen LogP contribution in [-0.4, -0.2) is 55.8 Å². The number of ether oxygens (including phenoxy) is 3. The van der Waals surface area contributed by atoms with Gasteiger partial charge in [-0.15, -0.1) is 5.10 Å². The number of benzene rings is 1. The molecule has 0 unspecified atom stereocenters. The Labute approximate surface area is 183 Å². The number of carbonyl (C=O) groups excluding carboxylic acids is 1. The minimum Gasteiger partial charge on any atom is -0.454 e. The van der Waals surface area contributed by atoms with Gasteiger partial charge in [-0.1, -0.05) is 11.8 Å². The predicted octanol–water partition coefficient (Wildman–Crippen LogP) is 2.96. The van der Waals surface area contributed by atoms with Crippen LogP contribution in [-0.2, 0) is 11.3 Å².